The molecular weight excluding hydrogens is 256 g/mol. The molecule has 0 saturated heterocycles. The molecule has 0 saturated carbocycles. The summed E-state index contributed by atoms with van der Waals surface area (Å²) in [5.41, 5.74) is 6.50. The van der Waals surface area contributed by atoms with Gasteiger partial charge < -0.3 is 15.7 Å². The standard InChI is InChI=1S/C15H20N2O3/c1-15(2,3)17(10-14(19)20)13(18)9-6-11-4-7-12(16)8-5-11/h4-9H,10,16H2,1-3H3,(H,19,20)/b9-6+. The Bertz CT molecular complexity index is 513. The van der Waals surface area contributed by atoms with E-state index in [1.165, 1.54) is 11.0 Å². The van der Waals surface area contributed by atoms with Crippen LogP contribution >= 0.6 is 0 Å². The maximum Gasteiger partial charge on any atom is 0.323 e. The van der Waals surface area contributed by atoms with Gasteiger partial charge >= 0.3 is 5.97 Å². The second-order valence-electron chi connectivity index (χ2n) is 5.49. The maximum atomic E-state index is 12.1. The molecule has 1 rings (SSSR count). The van der Waals surface area contributed by atoms with Gasteiger partial charge in [0.2, 0.25) is 5.91 Å². The van der Waals surface area contributed by atoms with Gasteiger partial charge in [-0.2, -0.15) is 0 Å². The van der Waals surface area contributed by atoms with E-state index in [9.17, 15) is 9.59 Å². The molecule has 1 aromatic rings. The van der Waals surface area contributed by atoms with Crippen LogP contribution in [0.2, 0.25) is 0 Å². The molecular formula is C15H20N2O3. The molecule has 0 unspecified atom stereocenters. The molecule has 0 spiro atoms. The Hall–Kier alpha value is -2.30. The molecule has 0 fully saturated rings. The first kappa shape index (κ1) is 15.8. The normalized spacial score (nSPS) is 11.6. The van der Waals surface area contributed by atoms with E-state index < -0.39 is 11.5 Å². The van der Waals surface area contributed by atoms with Gasteiger partial charge in [0.1, 0.15) is 6.54 Å². The predicted octanol–water partition coefficient (Wildman–Crippen LogP) is 1.99. The fraction of sp³-hybridized carbons (Fsp3) is 0.333. The van der Waals surface area contributed by atoms with E-state index >= 15 is 0 Å². The van der Waals surface area contributed by atoms with Gasteiger partial charge in [0.15, 0.2) is 0 Å². The van der Waals surface area contributed by atoms with Gasteiger partial charge in [-0.3, -0.25) is 9.59 Å². The Kier molecular flexibility index (Phi) is 4.91. The topological polar surface area (TPSA) is 83.6 Å². The van der Waals surface area contributed by atoms with Crippen LogP contribution in [0.1, 0.15) is 26.3 Å². The number of nitrogens with two attached hydrogens (primary N) is 1. The third kappa shape index (κ3) is 4.76. The number of nitrogen functional groups attached to an aromatic ring is 1. The Balaban J connectivity index is 2.85. The number of carboxylic acid groups (broad SMARTS) is 1. The summed E-state index contributed by atoms with van der Waals surface area (Å²) in [4.78, 5) is 24.3. The van der Waals surface area contributed by atoms with Crippen molar-refractivity contribution < 1.29 is 14.7 Å². The fourth-order valence-electron chi connectivity index (χ4n) is 1.65. The van der Waals surface area contributed by atoms with Gasteiger partial charge in [-0.15, -0.1) is 0 Å². The number of anilines is 1. The first-order valence-corrected chi connectivity index (χ1v) is 6.27. The van der Waals surface area contributed by atoms with Crippen LogP contribution < -0.4 is 5.73 Å². The first-order valence-electron chi connectivity index (χ1n) is 6.27. The molecule has 0 radical (unpaired) electrons. The van der Waals surface area contributed by atoms with E-state index in [0.29, 0.717) is 5.69 Å². The Morgan fingerprint density at radius 3 is 2.25 bits per heavy atom. The van der Waals surface area contributed by atoms with Crippen LogP contribution in [0.4, 0.5) is 5.69 Å². The van der Waals surface area contributed by atoms with Crippen molar-refractivity contribution in [2.45, 2.75) is 26.3 Å². The largest absolute Gasteiger partial charge is 0.480 e. The molecule has 5 nitrogen and oxygen atoms in total. The number of hydrogen-bond acceptors (Lipinski definition) is 3. The number of carboxylic acids is 1. The quantitative estimate of drug-likeness (QED) is 0.650. The Labute approximate surface area is 118 Å². The van der Waals surface area contributed by atoms with Crippen molar-refractivity contribution >= 4 is 23.6 Å². The summed E-state index contributed by atoms with van der Waals surface area (Å²) >= 11 is 0. The highest BCUT2D eigenvalue weighted by atomic mass is 16.4. The van der Waals surface area contributed by atoms with Crippen LogP contribution in [-0.2, 0) is 9.59 Å². The molecule has 0 atom stereocenters. The van der Waals surface area contributed by atoms with E-state index in [1.54, 1.807) is 51.1 Å². The number of hydrogen-bond donors (Lipinski definition) is 2. The average molecular weight is 276 g/mol. The lowest BCUT2D eigenvalue weighted by Gasteiger charge is -2.33. The zero-order valence-corrected chi connectivity index (χ0v) is 12.0. The minimum Gasteiger partial charge on any atom is -0.480 e. The second-order valence-corrected chi connectivity index (χ2v) is 5.49. The lowest BCUT2D eigenvalue weighted by molar-refractivity contribution is -0.145. The van der Waals surface area contributed by atoms with Gasteiger partial charge in [0.05, 0.1) is 0 Å². The molecule has 0 bridgehead atoms. The second kappa shape index (κ2) is 6.23. The SMILES string of the molecule is CC(C)(C)N(CC(=O)O)C(=O)/C=C/c1ccc(N)cc1. The summed E-state index contributed by atoms with van der Waals surface area (Å²) in [6, 6.07) is 7.06. The van der Waals surface area contributed by atoms with Crippen molar-refractivity contribution in [3.8, 4) is 0 Å². The molecule has 0 aliphatic rings. The molecule has 5 heteroatoms. The van der Waals surface area contributed by atoms with Crippen LogP contribution in [0.15, 0.2) is 30.3 Å². The highest BCUT2D eigenvalue weighted by molar-refractivity contribution is 5.94. The van der Waals surface area contributed by atoms with Gasteiger partial charge in [0, 0.05) is 17.3 Å². The minimum atomic E-state index is -1.03. The molecule has 0 aliphatic carbocycles. The van der Waals surface area contributed by atoms with Crippen LogP contribution in [-0.4, -0.2) is 34.0 Å². The van der Waals surface area contributed by atoms with Gasteiger partial charge in [-0.05, 0) is 44.5 Å². The average Bonchev–Trinajstić information content (AvgIpc) is 2.33. The molecule has 108 valence electrons. The highest BCUT2D eigenvalue weighted by Crippen LogP contribution is 2.14. The summed E-state index contributed by atoms with van der Waals surface area (Å²) in [5, 5.41) is 8.88. The van der Waals surface area contributed by atoms with Crippen molar-refractivity contribution in [2.75, 3.05) is 12.3 Å². The van der Waals surface area contributed by atoms with E-state index in [-0.39, 0.29) is 12.5 Å². The summed E-state index contributed by atoms with van der Waals surface area (Å²) in [5.74, 6) is -1.37. The van der Waals surface area contributed by atoms with Crippen molar-refractivity contribution in [1.29, 1.82) is 0 Å². The Morgan fingerprint density at radius 2 is 1.80 bits per heavy atom. The van der Waals surface area contributed by atoms with E-state index in [1.807, 2.05) is 0 Å². The molecule has 1 aromatic carbocycles. The smallest absolute Gasteiger partial charge is 0.323 e. The van der Waals surface area contributed by atoms with Crippen LogP contribution in [0, 0.1) is 0 Å². The third-order valence-corrected chi connectivity index (χ3v) is 2.72. The number of carbonyl (C=O) groups is 2. The van der Waals surface area contributed by atoms with Crippen molar-refractivity contribution in [3.63, 3.8) is 0 Å². The van der Waals surface area contributed by atoms with Crippen molar-refractivity contribution in [1.82, 2.24) is 4.90 Å². The zero-order chi connectivity index (χ0) is 15.3. The van der Waals surface area contributed by atoms with E-state index in [2.05, 4.69) is 0 Å². The van der Waals surface area contributed by atoms with Crippen molar-refractivity contribution in [2.24, 2.45) is 0 Å². The highest BCUT2D eigenvalue weighted by Gasteiger charge is 2.26. The van der Waals surface area contributed by atoms with Gasteiger partial charge in [-0.1, -0.05) is 12.1 Å². The number of nitrogens with zero attached hydrogens (tertiary/aromatic N) is 1. The summed E-state index contributed by atoms with van der Waals surface area (Å²) in [6.45, 7) is 5.06. The monoisotopic (exact) mass is 276 g/mol. The Morgan fingerprint density at radius 1 is 1.25 bits per heavy atom. The van der Waals surface area contributed by atoms with Crippen LogP contribution in [0.3, 0.4) is 0 Å². The lowest BCUT2D eigenvalue weighted by Crippen LogP contribution is -2.47. The molecule has 20 heavy (non-hydrogen) atoms. The lowest BCUT2D eigenvalue weighted by atomic mass is 10.1. The minimum absolute atomic E-state index is 0.325. The zero-order valence-electron chi connectivity index (χ0n) is 12.0. The maximum absolute atomic E-state index is 12.1. The summed E-state index contributed by atoms with van der Waals surface area (Å²) < 4.78 is 0. The number of carbonyl (C=O) groups excluding carboxylic acids is 1. The summed E-state index contributed by atoms with van der Waals surface area (Å²) in [7, 11) is 0. The first-order chi connectivity index (χ1) is 9.20. The molecule has 0 heterocycles. The van der Waals surface area contributed by atoms with Crippen molar-refractivity contribution in [3.05, 3.63) is 35.9 Å². The molecule has 1 amide bonds. The molecule has 0 aliphatic heterocycles. The van der Waals surface area contributed by atoms with E-state index in [0.717, 1.165) is 5.56 Å². The molecule has 3 N–H and O–H groups in total. The number of benzene rings is 1. The number of aliphatic carboxylic acids is 1. The predicted molar refractivity (Wildman–Crippen MR) is 79.0 cm³/mol. The van der Waals surface area contributed by atoms with Gasteiger partial charge in [0.25, 0.3) is 0 Å². The summed E-state index contributed by atoms with van der Waals surface area (Å²) in [6.07, 6.45) is 3.02. The third-order valence-electron chi connectivity index (χ3n) is 2.72. The van der Waals surface area contributed by atoms with Crippen LogP contribution in [0.25, 0.3) is 6.08 Å². The van der Waals surface area contributed by atoms with Crippen LogP contribution in [0.5, 0.6) is 0 Å². The van der Waals surface area contributed by atoms with Gasteiger partial charge in [-0.25, -0.2) is 0 Å². The fourth-order valence-corrected chi connectivity index (χ4v) is 1.65. The molecule has 0 aromatic heterocycles. The number of rotatable bonds is 4. The number of amides is 1. The van der Waals surface area contributed by atoms with E-state index in [4.69, 9.17) is 10.8 Å².